The van der Waals surface area contributed by atoms with Gasteiger partial charge in [-0.1, -0.05) is 66.7 Å². The quantitative estimate of drug-likeness (QED) is 0.327. The SMILES string of the molecule is C=CCNC(=O)c1ccccc1N1C(=O)[C@@H]2Cc3c([nH]c4ccccc34)[C@@H](c3ccccc3)N2C1=O. The molecule has 178 valence electrons. The topological polar surface area (TPSA) is 85.5 Å². The molecule has 4 aromatic rings. The van der Waals surface area contributed by atoms with E-state index >= 15 is 0 Å². The Bertz CT molecular complexity index is 1520. The minimum Gasteiger partial charge on any atom is -0.356 e. The van der Waals surface area contributed by atoms with Crippen LogP contribution in [0.3, 0.4) is 0 Å². The molecule has 36 heavy (non-hydrogen) atoms. The largest absolute Gasteiger partial charge is 0.356 e. The number of nitrogens with one attached hydrogen (secondary N) is 2. The van der Waals surface area contributed by atoms with Gasteiger partial charge in [0, 0.05) is 29.6 Å². The molecule has 2 aliphatic rings. The fourth-order valence-corrected chi connectivity index (χ4v) is 5.40. The molecule has 1 saturated heterocycles. The van der Waals surface area contributed by atoms with Crippen molar-refractivity contribution >= 4 is 34.4 Å². The van der Waals surface area contributed by atoms with Gasteiger partial charge < -0.3 is 10.3 Å². The van der Waals surface area contributed by atoms with Gasteiger partial charge in [-0.2, -0.15) is 0 Å². The maximum absolute atomic E-state index is 14.0. The number of carbonyl (C=O) groups excluding carboxylic acids is 3. The minimum atomic E-state index is -0.682. The Morgan fingerprint density at radius 3 is 2.53 bits per heavy atom. The zero-order valence-electron chi connectivity index (χ0n) is 19.5. The van der Waals surface area contributed by atoms with E-state index in [1.54, 1.807) is 35.2 Å². The van der Waals surface area contributed by atoms with Gasteiger partial charge in [-0.15, -0.1) is 6.58 Å². The Balaban J connectivity index is 1.49. The molecule has 7 heteroatoms. The van der Waals surface area contributed by atoms with Crippen molar-refractivity contribution in [3.63, 3.8) is 0 Å². The van der Waals surface area contributed by atoms with Crippen LogP contribution in [0.1, 0.15) is 33.2 Å². The highest BCUT2D eigenvalue weighted by Gasteiger charge is 2.53. The van der Waals surface area contributed by atoms with Crippen LogP contribution in [-0.4, -0.2) is 40.3 Å². The Kier molecular flexibility index (Phi) is 5.18. The number of anilines is 1. The van der Waals surface area contributed by atoms with Crippen LogP contribution >= 0.6 is 0 Å². The van der Waals surface area contributed by atoms with Crippen molar-refractivity contribution < 1.29 is 14.4 Å². The summed E-state index contributed by atoms with van der Waals surface area (Å²) >= 11 is 0. The summed E-state index contributed by atoms with van der Waals surface area (Å²) in [5.41, 5.74) is 4.39. The number of fused-ring (bicyclic) bond motifs is 4. The number of aromatic nitrogens is 1. The van der Waals surface area contributed by atoms with Crippen molar-refractivity contribution in [3.8, 4) is 0 Å². The second kappa shape index (κ2) is 8.53. The lowest BCUT2D eigenvalue weighted by Crippen LogP contribution is -2.44. The standard InChI is InChI=1S/C29H24N4O3/c1-2-16-30-27(34)20-13-7-9-15-23(20)33-28(35)24-17-21-19-12-6-8-14-22(19)31-25(21)26(32(24)29(33)36)18-10-4-3-5-11-18/h2-15,24,26,31H,1,16-17H2,(H,30,34)/t24-,26+/m0/s1. The van der Waals surface area contributed by atoms with Gasteiger partial charge in [-0.05, 0) is 29.3 Å². The number of para-hydroxylation sites is 2. The lowest BCUT2D eigenvalue weighted by atomic mass is 9.89. The number of imide groups is 1. The number of hydrogen-bond acceptors (Lipinski definition) is 3. The Hall–Kier alpha value is -4.65. The van der Waals surface area contributed by atoms with Crippen molar-refractivity contribution in [2.75, 3.05) is 11.4 Å². The van der Waals surface area contributed by atoms with E-state index in [0.29, 0.717) is 6.42 Å². The van der Waals surface area contributed by atoms with Crippen LogP contribution in [0, 0.1) is 0 Å². The van der Waals surface area contributed by atoms with Gasteiger partial charge in [0.25, 0.3) is 11.8 Å². The fraction of sp³-hybridized carbons (Fsp3) is 0.138. The van der Waals surface area contributed by atoms with E-state index in [4.69, 9.17) is 0 Å². The van der Waals surface area contributed by atoms with Gasteiger partial charge in [0.2, 0.25) is 0 Å². The van der Waals surface area contributed by atoms with Crippen LogP contribution in [0.5, 0.6) is 0 Å². The molecule has 3 aromatic carbocycles. The van der Waals surface area contributed by atoms with E-state index in [1.807, 2.05) is 54.6 Å². The Morgan fingerprint density at radius 2 is 1.72 bits per heavy atom. The molecule has 0 spiro atoms. The number of hydrogen-bond donors (Lipinski definition) is 2. The molecule has 1 fully saturated rings. The van der Waals surface area contributed by atoms with E-state index in [9.17, 15) is 14.4 Å². The van der Waals surface area contributed by atoms with Gasteiger partial charge in [0.1, 0.15) is 12.1 Å². The summed E-state index contributed by atoms with van der Waals surface area (Å²) in [7, 11) is 0. The molecule has 2 aliphatic heterocycles. The van der Waals surface area contributed by atoms with Gasteiger partial charge in [-0.3, -0.25) is 14.5 Å². The lowest BCUT2D eigenvalue weighted by Gasteiger charge is -2.36. The van der Waals surface area contributed by atoms with Crippen LogP contribution in [0.4, 0.5) is 10.5 Å². The number of benzene rings is 3. The van der Waals surface area contributed by atoms with Crippen LogP contribution in [0.2, 0.25) is 0 Å². The van der Waals surface area contributed by atoms with Gasteiger partial charge in [0.15, 0.2) is 0 Å². The van der Waals surface area contributed by atoms with Crippen molar-refractivity contribution in [3.05, 3.63) is 114 Å². The zero-order valence-corrected chi connectivity index (χ0v) is 19.5. The molecule has 6 rings (SSSR count). The summed E-state index contributed by atoms with van der Waals surface area (Å²) in [6.07, 6.45) is 1.98. The number of amides is 4. The molecule has 4 amide bonds. The second-order valence-electron chi connectivity index (χ2n) is 8.98. The fourth-order valence-electron chi connectivity index (χ4n) is 5.40. The third-order valence-corrected chi connectivity index (χ3v) is 6.96. The minimum absolute atomic E-state index is 0.265. The normalized spacial score (nSPS) is 18.8. The Labute approximate surface area is 208 Å². The van der Waals surface area contributed by atoms with E-state index in [0.717, 1.165) is 32.6 Å². The molecule has 7 nitrogen and oxygen atoms in total. The summed E-state index contributed by atoms with van der Waals surface area (Å²) in [6, 6.07) is 22.9. The number of H-pyrrole nitrogens is 1. The molecule has 0 aliphatic carbocycles. The summed E-state index contributed by atoms with van der Waals surface area (Å²) in [5.74, 6) is -0.701. The molecule has 0 radical (unpaired) electrons. The number of aromatic amines is 1. The summed E-state index contributed by atoms with van der Waals surface area (Å²) < 4.78 is 0. The monoisotopic (exact) mass is 476 g/mol. The third-order valence-electron chi connectivity index (χ3n) is 6.96. The molecule has 2 N–H and O–H groups in total. The molecule has 3 heterocycles. The van der Waals surface area contributed by atoms with Crippen LogP contribution in [0.15, 0.2) is 91.5 Å². The summed E-state index contributed by atoms with van der Waals surface area (Å²) in [6.45, 7) is 3.91. The Morgan fingerprint density at radius 1 is 1.00 bits per heavy atom. The predicted octanol–water partition coefficient (Wildman–Crippen LogP) is 4.57. The van der Waals surface area contributed by atoms with Crippen molar-refractivity contribution in [1.82, 2.24) is 15.2 Å². The maximum Gasteiger partial charge on any atom is 0.332 e. The highest BCUT2D eigenvalue weighted by atomic mass is 16.2. The number of rotatable bonds is 5. The highest BCUT2D eigenvalue weighted by Crippen LogP contribution is 2.45. The average Bonchev–Trinajstić information content (AvgIpc) is 3.41. The van der Waals surface area contributed by atoms with E-state index in [2.05, 4.69) is 16.9 Å². The molecule has 0 unspecified atom stereocenters. The number of urea groups is 1. The van der Waals surface area contributed by atoms with Crippen LogP contribution < -0.4 is 10.2 Å². The molecule has 0 bridgehead atoms. The maximum atomic E-state index is 14.0. The molecule has 2 atom stereocenters. The first-order valence-electron chi connectivity index (χ1n) is 11.9. The zero-order chi connectivity index (χ0) is 24.8. The smallest absolute Gasteiger partial charge is 0.332 e. The molecule has 1 aromatic heterocycles. The predicted molar refractivity (Wildman–Crippen MR) is 138 cm³/mol. The van der Waals surface area contributed by atoms with E-state index < -0.39 is 18.1 Å². The molecular weight excluding hydrogens is 452 g/mol. The van der Waals surface area contributed by atoms with E-state index in [-0.39, 0.29) is 29.6 Å². The van der Waals surface area contributed by atoms with Gasteiger partial charge in [-0.25, -0.2) is 9.69 Å². The summed E-state index contributed by atoms with van der Waals surface area (Å²) in [4.78, 5) is 47.1. The average molecular weight is 477 g/mol. The van der Waals surface area contributed by atoms with Gasteiger partial charge >= 0.3 is 6.03 Å². The molecular formula is C29H24N4O3. The lowest BCUT2D eigenvalue weighted by molar-refractivity contribution is -0.120. The van der Waals surface area contributed by atoms with Gasteiger partial charge in [0.05, 0.1) is 11.3 Å². The first-order valence-corrected chi connectivity index (χ1v) is 11.9. The summed E-state index contributed by atoms with van der Waals surface area (Å²) in [5, 5.41) is 3.80. The third kappa shape index (κ3) is 3.24. The van der Waals surface area contributed by atoms with Crippen molar-refractivity contribution in [2.24, 2.45) is 0 Å². The van der Waals surface area contributed by atoms with Crippen molar-refractivity contribution in [1.29, 1.82) is 0 Å². The van der Waals surface area contributed by atoms with Crippen LogP contribution in [0.25, 0.3) is 10.9 Å². The molecule has 0 saturated carbocycles. The van der Waals surface area contributed by atoms with Crippen molar-refractivity contribution in [2.45, 2.75) is 18.5 Å². The second-order valence-corrected chi connectivity index (χ2v) is 8.98. The first kappa shape index (κ1) is 21.9. The first-order chi connectivity index (χ1) is 17.6. The van der Waals surface area contributed by atoms with E-state index in [1.165, 1.54) is 0 Å². The number of nitrogens with zero attached hydrogens (tertiary/aromatic N) is 2. The highest BCUT2D eigenvalue weighted by molar-refractivity contribution is 6.24. The number of carbonyl (C=O) groups is 3. The van der Waals surface area contributed by atoms with Crippen LogP contribution in [-0.2, 0) is 11.2 Å².